The molecule has 1 fully saturated rings. The van der Waals surface area contributed by atoms with E-state index in [-0.39, 0.29) is 17.9 Å². The number of carboxylic acid groups (broad SMARTS) is 1. The minimum atomic E-state index is -1.00. The van der Waals surface area contributed by atoms with Crippen LogP contribution in [0.3, 0.4) is 0 Å². The van der Waals surface area contributed by atoms with E-state index in [9.17, 15) is 9.59 Å². The number of amides is 1. The lowest BCUT2D eigenvalue weighted by Gasteiger charge is -2.22. The van der Waals surface area contributed by atoms with Crippen molar-refractivity contribution in [2.75, 3.05) is 13.7 Å². The molecule has 0 radical (unpaired) electrons. The highest BCUT2D eigenvalue weighted by atomic mass is 16.5. The molecule has 5 nitrogen and oxygen atoms in total. The number of hydrogen-bond acceptors (Lipinski definition) is 3. The third kappa shape index (κ3) is 3.74. The molecular weight excluding hydrogens is 270 g/mol. The first-order chi connectivity index (χ1) is 9.97. The molecule has 0 spiro atoms. The first-order valence-corrected chi connectivity index (χ1v) is 7.16. The molecule has 1 aromatic rings. The fraction of sp³-hybridized carbons (Fsp3) is 0.500. The summed E-state index contributed by atoms with van der Waals surface area (Å²) in [4.78, 5) is 24.5. The number of ether oxygens (including phenoxy) is 1. The van der Waals surface area contributed by atoms with Crippen molar-refractivity contribution in [2.24, 2.45) is 5.41 Å². The Morgan fingerprint density at radius 3 is 2.38 bits per heavy atom. The van der Waals surface area contributed by atoms with Gasteiger partial charge in [-0.3, -0.25) is 4.79 Å². The summed E-state index contributed by atoms with van der Waals surface area (Å²) in [5.41, 5.74) is 0.889. The van der Waals surface area contributed by atoms with Gasteiger partial charge in [-0.15, -0.1) is 0 Å². The fourth-order valence-electron chi connectivity index (χ4n) is 2.46. The van der Waals surface area contributed by atoms with E-state index in [2.05, 4.69) is 6.92 Å². The molecule has 114 valence electrons. The Morgan fingerprint density at radius 1 is 1.29 bits per heavy atom. The van der Waals surface area contributed by atoms with Crippen molar-refractivity contribution in [3.63, 3.8) is 0 Å². The number of hydrogen-bond donors (Lipinski definition) is 1. The topological polar surface area (TPSA) is 66.8 Å². The lowest BCUT2D eigenvalue weighted by atomic mass is 10.0. The number of carbonyl (C=O) groups is 2. The summed E-state index contributed by atoms with van der Waals surface area (Å²) in [6.45, 7) is 2.27. The second-order valence-corrected chi connectivity index (χ2v) is 5.62. The first kappa shape index (κ1) is 15.4. The van der Waals surface area contributed by atoms with Crippen molar-refractivity contribution in [1.29, 1.82) is 0 Å². The normalized spacial score (nSPS) is 15.3. The highest BCUT2D eigenvalue weighted by Crippen LogP contribution is 2.50. The largest absolute Gasteiger partial charge is 0.482 e. The van der Waals surface area contributed by atoms with E-state index in [1.165, 1.54) is 0 Å². The Labute approximate surface area is 124 Å². The molecule has 0 unspecified atom stereocenters. The van der Waals surface area contributed by atoms with Crippen molar-refractivity contribution in [2.45, 2.75) is 32.7 Å². The Balaban J connectivity index is 1.91. The van der Waals surface area contributed by atoms with Crippen LogP contribution in [0.2, 0.25) is 0 Å². The first-order valence-electron chi connectivity index (χ1n) is 7.16. The van der Waals surface area contributed by atoms with Gasteiger partial charge in [0.15, 0.2) is 6.61 Å². The zero-order valence-electron chi connectivity index (χ0n) is 12.5. The Bertz CT molecular complexity index is 520. The van der Waals surface area contributed by atoms with Gasteiger partial charge in [0.2, 0.25) is 5.91 Å². The predicted molar refractivity (Wildman–Crippen MR) is 78.0 cm³/mol. The van der Waals surface area contributed by atoms with Crippen LogP contribution in [0, 0.1) is 5.41 Å². The Hall–Kier alpha value is -2.04. The van der Waals surface area contributed by atoms with Crippen LogP contribution in [-0.2, 0) is 16.1 Å². The number of nitrogens with zero attached hydrogens (tertiary/aromatic N) is 1. The number of aliphatic carboxylic acids is 1. The van der Waals surface area contributed by atoms with Crippen molar-refractivity contribution in [1.82, 2.24) is 4.90 Å². The van der Waals surface area contributed by atoms with Crippen LogP contribution in [0.4, 0.5) is 0 Å². The molecule has 1 amide bonds. The Kier molecular flexibility index (Phi) is 4.50. The molecule has 0 atom stereocenters. The summed E-state index contributed by atoms with van der Waals surface area (Å²) in [7, 11) is 1.83. The minimum absolute atomic E-state index is 0.112. The molecule has 21 heavy (non-hydrogen) atoms. The highest BCUT2D eigenvalue weighted by molar-refractivity contribution is 5.85. The van der Waals surface area contributed by atoms with Crippen LogP contribution in [0.15, 0.2) is 24.3 Å². The molecule has 1 aliphatic rings. The monoisotopic (exact) mass is 291 g/mol. The SMILES string of the molecule is CCC1(C(=O)N(C)Cc2ccc(OCC(=O)O)cc2)CC1. The van der Waals surface area contributed by atoms with Crippen LogP contribution in [0.5, 0.6) is 5.75 Å². The molecule has 0 aliphatic heterocycles. The summed E-state index contributed by atoms with van der Waals surface area (Å²) in [6, 6.07) is 7.16. The van der Waals surface area contributed by atoms with Gasteiger partial charge < -0.3 is 14.7 Å². The second-order valence-electron chi connectivity index (χ2n) is 5.62. The summed E-state index contributed by atoms with van der Waals surface area (Å²) in [5, 5.41) is 8.55. The van der Waals surface area contributed by atoms with E-state index in [0.29, 0.717) is 12.3 Å². The van der Waals surface area contributed by atoms with E-state index < -0.39 is 5.97 Å². The van der Waals surface area contributed by atoms with Crippen molar-refractivity contribution >= 4 is 11.9 Å². The van der Waals surface area contributed by atoms with Crippen LogP contribution in [0.25, 0.3) is 0 Å². The number of carbonyl (C=O) groups excluding carboxylic acids is 1. The molecule has 0 saturated heterocycles. The molecule has 1 aliphatic carbocycles. The van der Waals surface area contributed by atoms with Gasteiger partial charge in [-0.2, -0.15) is 0 Å². The van der Waals surface area contributed by atoms with Crippen LogP contribution in [0.1, 0.15) is 31.7 Å². The van der Waals surface area contributed by atoms with Gasteiger partial charge in [-0.1, -0.05) is 19.1 Å². The minimum Gasteiger partial charge on any atom is -0.482 e. The van der Waals surface area contributed by atoms with Gasteiger partial charge >= 0.3 is 5.97 Å². The molecular formula is C16H21NO4. The van der Waals surface area contributed by atoms with E-state index in [1.54, 1.807) is 17.0 Å². The van der Waals surface area contributed by atoms with Gasteiger partial charge in [-0.05, 0) is 37.0 Å². The number of benzene rings is 1. The van der Waals surface area contributed by atoms with Gasteiger partial charge in [0.25, 0.3) is 0 Å². The summed E-state index contributed by atoms with van der Waals surface area (Å²) >= 11 is 0. The van der Waals surface area contributed by atoms with Crippen molar-refractivity contribution in [3.05, 3.63) is 29.8 Å². The molecule has 0 heterocycles. The molecule has 1 N–H and O–H groups in total. The van der Waals surface area contributed by atoms with Gasteiger partial charge in [0.05, 0.1) is 0 Å². The van der Waals surface area contributed by atoms with E-state index in [4.69, 9.17) is 9.84 Å². The number of rotatable bonds is 7. The summed E-state index contributed by atoms with van der Waals surface area (Å²) < 4.78 is 5.08. The van der Waals surface area contributed by atoms with E-state index >= 15 is 0 Å². The molecule has 2 rings (SSSR count). The van der Waals surface area contributed by atoms with E-state index in [1.807, 2.05) is 19.2 Å². The quantitative estimate of drug-likeness (QED) is 0.837. The van der Waals surface area contributed by atoms with Crippen molar-refractivity contribution < 1.29 is 19.4 Å². The molecule has 0 aromatic heterocycles. The molecule has 1 saturated carbocycles. The summed E-state index contributed by atoms with van der Waals surface area (Å²) in [6.07, 6.45) is 2.89. The maximum atomic E-state index is 12.3. The van der Waals surface area contributed by atoms with Gasteiger partial charge in [0.1, 0.15) is 5.75 Å². The smallest absolute Gasteiger partial charge is 0.341 e. The van der Waals surface area contributed by atoms with Crippen molar-refractivity contribution in [3.8, 4) is 5.75 Å². The lowest BCUT2D eigenvalue weighted by molar-refractivity contribution is -0.139. The fourth-order valence-corrected chi connectivity index (χ4v) is 2.46. The second kappa shape index (κ2) is 6.16. The van der Waals surface area contributed by atoms with Gasteiger partial charge in [0, 0.05) is 19.0 Å². The Morgan fingerprint density at radius 2 is 1.90 bits per heavy atom. The summed E-state index contributed by atoms with van der Waals surface area (Å²) in [5.74, 6) is -0.266. The van der Waals surface area contributed by atoms with Gasteiger partial charge in [-0.25, -0.2) is 4.79 Å². The molecule has 0 bridgehead atoms. The lowest BCUT2D eigenvalue weighted by Crippen LogP contribution is -2.33. The third-order valence-corrected chi connectivity index (χ3v) is 4.04. The standard InChI is InChI=1S/C16H21NO4/c1-3-16(8-9-16)15(20)17(2)10-12-4-6-13(7-5-12)21-11-14(18)19/h4-7H,3,8-11H2,1-2H3,(H,18,19). The maximum absolute atomic E-state index is 12.3. The van der Waals surface area contributed by atoms with Crippen LogP contribution in [-0.4, -0.2) is 35.5 Å². The zero-order valence-corrected chi connectivity index (χ0v) is 12.5. The maximum Gasteiger partial charge on any atom is 0.341 e. The molecule has 5 heteroatoms. The zero-order chi connectivity index (χ0) is 15.5. The predicted octanol–water partition coefficient (Wildman–Crippen LogP) is 2.30. The van der Waals surface area contributed by atoms with Crippen LogP contribution >= 0.6 is 0 Å². The molecule has 1 aromatic carbocycles. The number of carboxylic acids is 1. The average Bonchev–Trinajstić information content (AvgIpc) is 3.26. The third-order valence-electron chi connectivity index (χ3n) is 4.04. The van der Waals surface area contributed by atoms with Crippen LogP contribution < -0.4 is 4.74 Å². The highest BCUT2D eigenvalue weighted by Gasteiger charge is 2.49. The average molecular weight is 291 g/mol. The van der Waals surface area contributed by atoms with E-state index in [0.717, 1.165) is 24.8 Å².